The Bertz CT molecular complexity index is 709. The van der Waals surface area contributed by atoms with Gasteiger partial charge in [-0.3, -0.25) is 14.6 Å². The van der Waals surface area contributed by atoms with E-state index in [9.17, 15) is 18.7 Å². The normalized spacial score (nSPS) is 21.5. The van der Waals surface area contributed by atoms with Crippen molar-refractivity contribution in [1.29, 1.82) is 0 Å². The van der Waals surface area contributed by atoms with E-state index >= 15 is 0 Å². The van der Waals surface area contributed by atoms with Gasteiger partial charge in [0, 0.05) is 65.1 Å². The summed E-state index contributed by atoms with van der Waals surface area (Å²) in [6, 6.07) is 5.53. The molecule has 2 aliphatic heterocycles. The van der Waals surface area contributed by atoms with Gasteiger partial charge >= 0.3 is 0 Å². The Balaban J connectivity index is 1.52. The molecular formula is C21H31F2N3O4. The van der Waals surface area contributed by atoms with Gasteiger partial charge in [0.1, 0.15) is 12.7 Å². The number of benzene rings is 1. The first-order chi connectivity index (χ1) is 14.3. The van der Waals surface area contributed by atoms with Crippen LogP contribution in [0, 0.1) is 0 Å². The lowest BCUT2D eigenvalue weighted by Crippen LogP contribution is -2.38. The molecular weight excluding hydrogens is 396 g/mol. The van der Waals surface area contributed by atoms with Crippen LogP contribution in [0.4, 0.5) is 8.78 Å². The number of likely N-dealkylation sites (tertiary alicyclic amines) is 1. The lowest BCUT2D eigenvalue weighted by Gasteiger charge is -2.31. The number of rotatable bonds is 8. The van der Waals surface area contributed by atoms with E-state index in [0.29, 0.717) is 63.7 Å². The standard InChI is InChI=1S/C21H31F2N3O4/c1-29-18-3-2-16(13-26-9-5-21(22,23)6-10-26)12-19(18)30-15-17(27)14-25-8-4-20(28)24-7-11-25/h2-3,12,17,27H,4-11,13-15H2,1H3,(H,24,28). The highest BCUT2D eigenvalue weighted by Gasteiger charge is 2.33. The summed E-state index contributed by atoms with van der Waals surface area (Å²) in [5.74, 6) is -1.45. The van der Waals surface area contributed by atoms with E-state index < -0.39 is 12.0 Å². The number of alkyl halides is 2. The molecule has 168 valence electrons. The van der Waals surface area contributed by atoms with Crippen LogP contribution in [0.25, 0.3) is 0 Å². The van der Waals surface area contributed by atoms with Crippen LogP contribution in [0.2, 0.25) is 0 Å². The number of methoxy groups -OCH3 is 1. The first-order valence-corrected chi connectivity index (χ1v) is 10.4. The van der Waals surface area contributed by atoms with Crippen LogP contribution in [0.15, 0.2) is 18.2 Å². The van der Waals surface area contributed by atoms with Crippen molar-refractivity contribution in [2.45, 2.75) is 37.8 Å². The van der Waals surface area contributed by atoms with Gasteiger partial charge in [0.2, 0.25) is 5.91 Å². The highest BCUT2D eigenvalue weighted by atomic mass is 19.3. The number of aliphatic hydroxyl groups excluding tert-OH is 1. The third-order valence-electron chi connectivity index (χ3n) is 5.53. The van der Waals surface area contributed by atoms with Crippen molar-refractivity contribution in [2.75, 3.05) is 53.0 Å². The van der Waals surface area contributed by atoms with E-state index in [1.54, 1.807) is 13.2 Å². The van der Waals surface area contributed by atoms with Crippen LogP contribution in [0.3, 0.4) is 0 Å². The van der Waals surface area contributed by atoms with E-state index in [1.165, 1.54) is 0 Å². The molecule has 30 heavy (non-hydrogen) atoms. The quantitative estimate of drug-likeness (QED) is 0.655. The molecule has 1 unspecified atom stereocenters. The Morgan fingerprint density at radius 2 is 1.93 bits per heavy atom. The van der Waals surface area contributed by atoms with Crippen LogP contribution in [0.5, 0.6) is 11.5 Å². The zero-order valence-corrected chi connectivity index (χ0v) is 17.4. The van der Waals surface area contributed by atoms with E-state index in [1.807, 2.05) is 21.9 Å². The largest absolute Gasteiger partial charge is 0.493 e. The second kappa shape index (κ2) is 10.4. The number of β-amino-alcohol motifs (C(OH)–C–C–N with tert-alkyl or cyclic N) is 1. The fourth-order valence-electron chi connectivity index (χ4n) is 3.76. The highest BCUT2D eigenvalue weighted by molar-refractivity contribution is 5.76. The number of carbonyl (C=O) groups is 1. The van der Waals surface area contributed by atoms with Crippen molar-refractivity contribution in [3.8, 4) is 11.5 Å². The number of hydrogen-bond donors (Lipinski definition) is 2. The van der Waals surface area contributed by atoms with Crippen molar-refractivity contribution < 1.29 is 28.2 Å². The van der Waals surface area contributed by atoms with Crippen LogP contribution in [0.1, 0.15) is 24.8 Å². The molecule has 1 aromatic rings. The van der Waals surface area contributed by atoms with Gasteiger partial charge in [-0.25, -0.2) is 8.78 Å². The molecule has 1 aromatic carbocycles. The van der Waals surface area contributed by atoms with Crippen LogP contribution in [-0.2, 0) is 11.3 Å². The molecule has 1 atom stereocenters. The van der Waals surface area contributed by atoms with Crippen LogP contribution in [-0.4, -0.2) is 85.8 Å². The van der Waals surface area contributed by atoms with Gasteiger partial charge < -0.3 is 19.9 Å². The average Bonchev–Trinajstić information content (AvgIpc) is 2.92. The van der Waals surface area contributed by atoms with E-state index in [4.69, 9.17) is 9.47 Å². The molecule has 0 aliphatic carbocycles. The summed E-state index contributed by atoms with van der Waals surface area (Å²) in [7, 11) is 1.55. The Kier molecular flexibility index (Phi) is 7.85. The van der Waals surface area contributed by atoms with Crippen LogP contribution >= 0.6 is 0 Å². The molecule has 2 N–H and O–H groups in total. The maximum atomic E-state index is 13.4. The average molecular weight is 427 g/mol. The van der Waals surface area contributed by atoms with E-state index in [2.05, 4.69) is 5.32 Å². The molecule has 2 saturated heterocycles. The lowest BCUT2D eigenvalue weighted by atomic mass is 10.1. The van der Waals surface area contributed by atoms with E-state index in [0.717, 1.165) is 5.56 Å². The first-order valence-electron chi connectivity index (χ1n) is 10.4. The molecule has 0 aromatic heterocycles. The summed E-state index contributed by atoms with van der Waals surface area (Å²) in [4.78, 5) is 15.5. The molecule has 0 radical (unpaired) electrons. The zero-order valence-electron chi connectivity index (χ0n) is 17.4. The van der Waals surface area contributed by atoms with Crippen LogP contribution < -0.4 is 14.8 Å². The predicted octanol–water partition coefficient (Wildman–Crippen LogP) is 1.49. The maximum Gasteiger partial charge on any atom is 0.250 e. The van der Waals surface area contributed by atoms with Crippen molar-refractivity contribution in [3.05, 3.63) is 23.8 Å². The molecule has 0 spiro atoms. The molecule has 1 amide bonds. The molecule has 2 heterocycles. The summed E-state index contributed by atoms with van der Waals surface area (Å²) < 4.78 is 37.9. The highest BCUT2D eigenvalue weighted by Crippen LogP contribution is 2.31. The lowest BCUT2D eigenvalue weighted by molar-refractivity contribution is -0.120. The predicted molar refractivity (Wildman–Crippen MR) is 108 cm³/mol. The summed E-state index contributed by atoms with van der Waals surface area (Å²) in [6.45, 7) is 3.67. The fraction of sp³-hybridized carbons (Fsp3) is 0.667. The van der Waals surface area contributed by atoms with E-state index in [-0.39, 0.29) is 25.4 Å². The molecule has 0 saturated carbocycles. The fourth-order valence-corrected chi connectivity index (χ4v) is 3.76. The Morgan fingerprint density at radius 1 is 1.17 bits per heavy atom. The molecule has 2 fully saturated rings. The second-order valence-electron chi connectivity index (χ2n) is 7.98. The number of hydrogen-bond acceptors (Lipinski definition) is 6. The number of carbonyl (C=O) groups excluding carboxylic acids is 1. The molecule has 3 rings (SSSR count). The van der Waals surface area contributed by atoms with Gasteiger partial charge in [-0.05, 0) is 17.7 Å². The topological polar surface area (TPSA) is 74.3 Å². The van der Waals surface area contributed by atoms with Crippen molar-refractivity contribution in [1.82, 2.24) is 15.1 Å². The van der Waals surface area contributed by atoms with Gasteiger partial charge in [0.15, 0.2) is 11.5 Å². The number of nitrogens with one attached hydrogen (secondary N) is 1. The van der Waals surface area contributed by atoms with Gasteiger partial charge in [-0.15, -0.1) is 0 Å². The minimum absolute atomic E-state index is 0.0298. The number of nitrogens with zero attached hydrogens (tertiary/aromatic N) is 2. The Morgan fingerprint density at radius 3 is 2.67 bits per heavy atom. The second-order valence-corrected chi connectivity index (χ2v) is 7.98. The Labute approximate surface area is 175 Å². The summed E-state index contributed by atoms with van der Waals surface area (Å²) in [5.41, 5.74) is 0.947. The summed E-state index contributed by atoms with van der Waals surface area (Å²) >= 11 is 0. The summed E-state index contributed by atoms with van der Waals surface area (Å²) in [6.07, 6.45) is -0.519. The minimum atomic E-state index is -2.56. The number of aliphatic hydroxyl groups is 1. The zero-order chi connectivity index (χ0) is 21.6. The van der Waals surface area contributed by atoms with Gasteiger partial charge in [0.05, 0.1) is 7.11 Å². The smallest absolute Gasteiger partial charge is 0.250 e. The van der Waals surface area contributed by atoms with Gasteiger partial charge in [0.25, 0.3) is 5.92 Å². The molecule has 9 heteroatoms. The minimum Gasteiger partial charge on any atom is -0.493 e. The number of amides is 1. The molecule has 0 bridgehead atoms. The first kappa shape index (κ1) is 22.7. The molecule has 2 aliphatic rings. The number of piperidine rings is 1. The van der Waals surface area contributed by atoms with Crippen molar-refractivity contribution in [2.24, 2.45) is 0 Å². The SMILES string of the molecule is COc1ccc(CN2CCC(F)(F)CC2)cc1OCC(O)CN1CCNC(=O)CC1. The summed E-state index contributed by atoms with van der Waals surface area (Å²) in [5, 5.41) is 13.2. The monoisotopic (exact) mass is 427 g/mol. The third kappa shape index (κ3) is 6.78. The maximum absolute atomic E-state index is 13.4. The number of halogens is 2. The number of ether oxygens (including phenoxy) is 2. The molecule has 7 nitrogen and oxygen atoms in total. The third-order valence-corrected chi connectivity index (χ3v) is 5.53. The van der Waals surface area contributed by atoms with Crippen molar-refractivity contribution in [3.63, 3.8) is 0 Å². The van der Waals surface area contributed by atoms with Gasteiger partial charge in [-0.1, -0.05) is 6.07 Å². The van der Waals surface area contributed by atoms with Crippen molar-refractivity contribution >= 4 is 5.91 Å². The van der Waals surface area contributed by atoms with Gasteiger partial charge in [-0.2, -0.15) is 0 Å². The Hall–Kier alpha value is -1.97.